The van der Waals surface area contributed by atoms with Gasteiger partial charge in [0.2, 0.25) is 59.1 Å². The molecule has 10 atom stereocenters. The average Bonchev–Trinajstić information content (AvgIpc) is 4.05. The van der Waals surface area contributed by atoms with Crippen molar-refractivity contribution < 1.29 is 63.0 Å². The van der Waals surface area contributed by atoms with Gasteiger partial charge in [0.05, 0.1) is 12.5 Å². The van der Waals surface area contributed by atoms with E-state index in [2.05, 4.69) is 65.1 Å². The van der Waals surface area contributed by atoms with Gasteiger partial charge in [-0.25, -0.2) is 4.79 Å². The number of phenols is 1. The number of carbonyl (C=O) groups excluding carboxylic acids is 10. The molecule has 0 saturated carbocycles. The lowest BCUT2D eigenvalue weighted by Crippen LogP contribution is -2.60. The second kappa shape index (κ2) is 38.5. The van der Waals surface area contributed by atoms with Gasteiger partial charge in [0, 0.05) is 38.2 Å². The van der Waals surface area contributed by atoms with Crippen LogP contribution in [-0.4, -0.2) is 184 Å². The number of unbranched alkanes of at least 4 members (excludes halogenated alkanes) is 1. The minimum absolute atomic E-state index is 0.0184. The number of amides is 10. The number of likely N-dealkylation sites (tertiary alicyclic amines) is 1. The number of phenolic OH excluding ortho intramolecular Hbond substituents is 1. The van der Waals surface area contributed by atoms with Crippen LogP contribution in [0.2, 0.25) is 0 Å². The number of rotatable bonds is 39. The number of nitrogens with zero attached hydrogens (tertiary/aromatic N) is 3. The Morgan fingerprint density at radius 3 is 1.55 bits per heavy atom. The van der Waals surface area contributed by atoms with E-state index in [1.807, 2.05) is 13.8 Å². The summed E-state index contributed by atoms with van der Waals surface area (Å²) >= 11 is 4.34. The molecule has 1 saturated heterocycles. The first kappa shape index (κ1) is 74.5. The fraction of sp³-hybridized carbons (Fsp3) is 0.561. The van der Waals surface area contributed by atoms with E-state index in [0.717, 1.165) is 0 Å². The number of thiol groups is 1. The summed E-state index contributed by atoms with van der Waals surface area (Å²) in [4.78, 5) is 159. The number of carbonyl (C=O) groups is 11. The Balaban J connectivity index is 1.85. The first-order chi connectivity index (χ1) is 42.1. The van der Waals surface area contributed by atoms with Crippen LogP contribution < -0.4 is 82.7 Å². The molecule has 1 unspecified atom stereocenters. The van der Waals surface area contributed by atoms with Crippen molar-refractivity contribution in [3.8, 4) is 5.75 Å². The van der Waals surface area contributed by atoms with Crippen molar-refractivity contribution >= 4 is 89.6 Å². The van der Waals surface area contributed by atoms with Crippen LogP contribution in [0.15, 0.2) is 64.6 Å². The number of primary amides is 1. The third-order valence-electron chi connectivity index (χ3n) is 14.1. The number of nitrogens with two attached hydrogens (primary N) is 7. The van der Waals surface area contributed by atoms with Crippen LogP contribution in [0.4, 0.5) is 0 Å². The van der Waals surface area contributed by atoms with Crippen LogP contribution in [0.1, 0.15) is 103 Å². The van der Waals surface area contributed by atoms with E-state index >= 15 is 0 Å². The molecule has 0 spiro atoms. The van der Waals surface area contributed by atoms with Crippen LogP contribution in [0.25, 0.3) is 0 Å². The van der Waals surface area contributed by atoms with Crippen molar-refractivity contribution in [3.63, 3.8) is 0 Å². The van der Waals surface area contributed by atoms with Gasteiger partial charge in [-0.2, -0.15) is 12.6 Å². The van der Waals surface area contributed by atoms with Crippen molar-refractivity contribution in [3.05, 3.63) is 65.7 Å². The van der Waals surface area contributed by atoms with Crippen molar-refractivity contribution in [1.82, 2.24) is 47.4 Å². The van der Waals surface area contributed by atoms with E-state index in [4.69, 9.17) is 40.1 Å². The molecule has 1 aliphatic rings. The molecule has 0 radical (unpaired) electrons. The topological polar surface area (TPSA) is 535 Å². The predicted octanol–water partition coefficient (Wildman–Crippen LogP) is -4.43. The molecular formula is C57H90N18O13S. The highest BCUT2D eigenvalue weighted by atomic mass is 32.1. The van der Waals surface area contributed by atoms with Crippen LogP contribution in [-0.2, 0) is 65.6 Å². The van der Waals surface area contributed by atoms with Gasteiger partial charge in [0.25, 0.3) is 0 Å². The lowest BCUT2D eigenvalue weighted by molar-refractivity contribution is -0.142. The van der Waals surface area contributed by atoms with E-state index in [1.54, 1.807) is 42.5 Å². The molecule has 31 nitrogen and oxygen atoms in total. The molecule has 89 heavy (non-hydrogen) atoms. The summed E-state index contributed by atoms with van der Waals surface area (Å²) in [5.74, 6) is -10.7. The molecular weight excluding hydrogens is 1180 g/mol. The maximum atomic E-state index is 14.4. The lowest BCUT2D eigenvalue weighted by Gasteiger charge is -2.30. The van der Waals surface area contributed by atoms with Gasteiger partial charge in [-0.05, 0) is 107 Å². The maximum Gasteiger partial charge on any atom is 0.326 e. The number of aliphatic carboxylic acids is 1. The quantitative estimate of drug-likeness (QED) is 0.0130. The third-order valence-corrected chi connectivity index (χ3v) is 14.5. The minimum Gasteiger partial charge on any atom is -0.508 e. The fourth-order valence-electron chi connectivity index (χ4n) is 9.49. The van der Waals surface area contributed by atoms with Crippen molar-refractivity contribution in [2.24, 2.45) is 56.0 Å². The zero-order valence-corrected chi connectivity index (χ0v) is 51.4. The number of aromatic hydroxyl groups is 1. The van der Waals surface area contributed by atoms with E-state index in [9.17, 15) is 63.0 Å². The van der Waals surface area contributed by atoms with E-state index in [-0.39, 0.29) is 107 Å². The fourth-order valence-corrected chi connectivity index (χ4v) is 9.74. The third kappa shape index (κ3) is 27.0. The second-order valence-electron chi connectivity index (χ2n) is 22.0. The smallest absolute Gasteiger partial charge is 0.326 e. The van der Waals surface area contributed by atoms with Crippen LogP contribution in [0.3, 0.4) is 0 Å². The number of carboxylic acid groups (broad SMARTS) is 1. The molecule has 492 valence electrons. The Morgan fingerprint density at radius 1 is 0.584 bits per heavy atom. The molecule has 10 amide bonds. The first-order valence-corrected chi connectivity index (χ1v) is 30.0. The van der Waals surface area contributed by atoms with Crippen molar-refractivity contribution in [2.45, 2.75) is 165 Å². The second-order valence-corrected chi connectivity index (χ2v) is 22.4. The van der Waals surface area contributed by atoms with E-state index < -0.39 is 132 Å². The van der Waals surface area contributed by atoms with Crippen LogP contribution >= 0.6 is 12.6 Å². The molecule has 1 aliphatic heterocycles. The van der Waals surface area contributed by atoms with Gasteiger partial charge in [-0.3, -0.25) is 57.9 Å². The molecule has 0 bridgehead atoms. The Morgan fingerprint density at radius 2 is 1.04 bits per heavy atom. The summed E-state index contributed by atoms with van der Waals surface area (Å²) in [6.45, 7) is 5.52. The largest absolute Gasteiger partial charge is 0.508 e. The lowest BCUT2D eigenvalue weighted by atomic mass is 10.0. The monoisotopic (exact) mass is 1270 g/mol. The summed E-state index contributed by atoms with van der Waals surface area (Å²) in [5, 5.41) is 40.2. The highest BCUT2D eigenvalue weighted by Crippen LogP contribution is 2.20. The summed E-state index contributed by atoms with van der Waals surface area (Å²) in [5.41, 5.74) is 40.3. The number of nitrogens with one attached hydrogen (secondary N) is 8. The molecule has 0 aromatic heterocycles. The van der Waals surface area contributed by atoms with Gasteiger partial charge < -0.3 is 97.8 Å². The van der Waals surface area contributed by atoms with E-state index in [1.165, 1.54) is 24.0 Å². The zero-order chi connectivity index (χ0) is 66.3. The highest BCUT2D eigenvalue weighted by Gasteiger charge is 2.40. The maximum absolute atomic E-state index is 14.4. The summed E-state index contributed by atoms with van der Waals surface area (Å²) in [6.07, 6.45) is 0.613. The standard InChI is InChI=1S/C57H90N18O13S/c1-31(2)26-36(59)46(78)71-40(28-34-18-20-35(76)21-19-34)49(81)68-37(15-9-23-65-56(61)62)47(79)67-32(3)54(86)75-25-11-17-44(75)53(85)74-43(30-89)52(84)72-41(27-33-12-5-4-6-13-33)50(82)69-38(16-10-24-66-57(63)64)48(80)73-42(29-45(60)77)51(83)70-39(55(87)88)14-7-8-22-58/h4-6,12-13,18-21,31-32,36-44,76,89H,7-11,14-17,22-30,58-59H2,1-3H3,(H2,60,77)(H,67,79)(H,68,81)(H,69,82)(H,70,83)(H,71,78)(H,72,84)(H,73,80)(H,74,85)(H,87,88)(H4,61,62,65)(H4,63,64,66)/t32-,36-,37-,38-,39-,40-,41-,42-,43?,44-/m0/s1. The van der Waals surface area contributed by atoms with Gasteiger partial charge in [0.15, 0.2) is 11.9 Å². The minimum atomic E-state index is -1.70. The normalized spacial score (nSPS) is 15.8. The molecule has 0 aliphatic carbocycles. The Hall–Kier alpha value is -8.78. The van der Waals surface area contributed by atoms with Gasteiger partial charge in [-0.1, -0.05) is 56.3 Å². The van der Waals surface area contributed by atoms with Gasteiger partial charge in [-0.15, -0.1) is 0 Å². The highest BCUT2D eigenvalue weighted by molar-refractivity contribution is 7.80. The number of guanidine groups is 2. The van der Waals surface area contributed by atoms with Crippen molar-refractivity contribution in [1.29, 1.82) is 0 Å². The van der Waals surface area contributed by atoms with Crippen LogP contribution in [0.5, 0.6) is 5.75 Å². The summed E-state index contributed by atoms with van der Waals surface area (Å²) in [7, 11) is 0. The van der Waals surface area contributed by atoms with Gasteiger partial charge >= 0.3 is 5.97 Å². The molecule has 2 aromatic carbocycles. The molecule has 2 aromatic rings. The van der Waals surface area contributed by atoms with Crippen molar-refractivity contribution in [2.75, 3.05) is 31.9 Å². The summed E-state index contributed by atoms with van der Waals surface area (Å²) < 4.78 is 0. The zero-order valence-electron chi connectivity index (χ0n) is 50.5. The Kier molecular flexibility index (Phi) is 32.2. The Labute approximate surface area is 522 Å². The molecule has 24 N–H and O–H groups in total. The van der Waals surface area contributed by atoms with Crippen LogP contribution in [0, 0.1) is 5.92 Å². The summed E-state index contributed by atoms with van der Waals surface area (Å²) in [6, 6.07) is 0.886. The molecule has 1 heterocycles. The molecule has 32 heteroatoms. The predicted molar refractivity (Wildman–Crippen MR) is 333 cm³/mol. The first-order valence-electron chi connectivity index (χ1n) is 29.4. The number of carboxylic acids is 1. The Bertz CT molecular complexity index is 2770. The number of benzene rings is 2. The number of hydrogen-bond donors (Lipinski definition) is 18. The average molecular weight is 1270 g/mol. The van der Waals surface area contributed by atoms with Gasteiger partial charge in [0.1, 0.15) is 60.1 Å². The molecule has 1 fully saturated rings. The van der Waals surface area contributed by atoms with E-state index in [0.29, 0.717) is 36.8 Å². The molecule has 3 rings (SSSR count). The number of aliphatic imine (C=N–C) groups is 2. The SMILES string of the molecule is CC(C)C[C@H](N)C(=O)N[C@@H](Cc1ccc(O)cc1)C(=O)N[C@@H](CCCN=C(N)N)C(=O)N[C@@H](C)C(=O)N1CCC[C@H]1C(=O)NC(CS)C(=O)N[C@@H](Cc1ccccc1)C(=O)N[C@@H](CCCN=C(N)N)C(=O)N[C@@H](CC(N)=O)C(=O)N[C@@H](CCCCN)C(=O)O. The number of hydrogen-bond acceptors (Lipinski definition) is 17.